The van der Waals surface area contributed by atoms with Crippen molar-refractivity contribution in [3.8, 4) is 0 Å². The molecule has 0 N–H and O–H groups in total. The summed E-state index contributed by atoms with van der Waals surface area (Å²) in [4.78, 5) is 11.8. The Morgan fingerprint density at radius 1 is 1.50 bits per heavy atom. The number of carbonyl (C=O) groups excluding carboxylic acids is 1. The highest BCUT2D eigenvalue weighted by molar-refractivity contribution is 6.31. The molecule has 1 rings (SSSR count). The van der Waals surface area contributed by atoms with Crippen LogP contribution in [0, 0.1) is 5.82 Å². The van der Waals surface area contributed by atoms with Gasteiger partial charge in [0, 0.05) is 18.6 Å². The van der Waals surface area contributed by atoms with Gasteiger partial charge in [-0.1, -0.05) is 11.6 Å². The topological polar surface area (TPSA) is 26.3 Å². The van der Waals surface area contributed by atoms with Gasteiger partial charge >= 0.3 is 0 Å². The maximum atomic E-state index is 13.0. The Morgan fingerprint density at radius 2 is 2.12 bits per heavy atom. The molecule has 0 aliphatic carbocycles. The van der Waals surface area contributed by atoms with Crippen molar-refractivity contribution >= 4 is 17.4 Å². The molecular weight excluding hydrogens is 231 g/mol. The van der Waals surface area contributed by atoms with Crippen molar-refractivity contribution in [1.29, 1.82) is 0 Å². The smallest absolute Gasteiger partial charge is 0.168 e. The molecule has 4 heteroatoms. The molecule has 0 amide bonds. The SMILES string of the molecule is COC(C)(C)C(=O)Cc1cc(F)ccc1Cl. The molecular formula is C12H14ClFO2. The quantitative estimate of drug-likeness (QED) is 0.814. The van der Waals surface area contributed by atoms with Crippen molar-refractivity contribution in [2.45, 2.75) is 25.9 Å². The molecule has 0 unspecified atom stereocenters. The molecule has 0 aromatic heterocycles. The molecule has 1 aromatic carbocycles. The minimum atomic E-state index is -0.879. The molecule has 0 fully saturated rings. The van der Waals surface area contributed by atoms with Crippen molar-refractivity contribution in [3.05, 3.63) is 34.6 Å². The Balaban J connectivity index is 2.89. The van der Waals surface area contributed by atoms with Crippen molar-refractivity contribution in [2.24, 2.45) is 0 Å². The number of ether oxygens (including phenoxy) is 1. The number of carbonyl (C=O) groups is 1. The Labute approximate surface area is 99.4 Å². The lowest BCUT2D eigenvalue weighted by atomic mass is 9.97. The Morgan fingerprint density at radius 3 is 2.69 bits per heavy atom. The van der Waals surface area contributed by atoms with Crippen LogP contribution in [0.4, 0.5) is 4.39 Å². The number of Topliss-reactive ketones (excluding diaryl/α,β-unsaturated/α-hetero) is 1. The number of methoxy groups -OCH3 is 1. The Kier molecular flexibility index (Phi) is 4.05. The van der Waals surface area contributed by atoms with Gasteiger partial charge in [-0.25, -0.2) is 4.39 Å². The highest BCUT2D eigenvalue weighted by Crippen LogP contribution is 2.20. The largest absolute Gasteiger partial charge is 0.371 e. The summed E-state index contributed by atoms with van der Waals surface area (Å²) < 4.78 is 18.0. The molecule has 0 atom stereocenters. The van der Waals surface area contributed by atoms with Gasteiger partial charge in [-0.3, -0.25) is 4.79 Å². The normalized spacial score (nSPS) is 11.6. The molecule has 1 aromatic rings. The number of rotatable bonds is 4. The average Bonchev–Trinajstić information content (AvgIpc) is 2.23. The van der Waals surface area contributed by atoms with Crippen molar-refractivity contribution in [1.82, 2.24) is 0 Å². The Bertz CT molecular complexity index is 402. The molecule has 16 heavy (non-hydrogen) atoms. The lowest BCUT2D eigenvalue weighted by Crippen LogP contribution is -2.35. The monoisotopic (exact) mass is 244 g/mol. The maximum absolute atomic E-state index is 13.0. The summed E-state index contributed by atoms with van der Waals surface area (Å²) in [6, 6.07) is 3.98. The summed E-state index contributed by atoms with van der Waals surface area (Å²) in [5.74, 6) is -0.537. The first-order chi connectivity index (χ1) is 7.36. The van der Waals surface area contributed by atoms with Gasteiger partial charge in [-0.15, -0.1) is 0 Å². The third kappa shape index (κ3) is 3.03. The van der Waals surface area contributed by atoms with Crippen LogP contribution in [0.1, 0.15) is 19.4 Å². The number of ketones is 1. The third-order valence-corrected chi connectivity index (χ3v) is 2.91. The molecule has 2 nitrogen and oxygen atoms in total. The van der Waals surface area contributed by atoms with E-state index in [4.69, 9.17) is 16.3 Å². The molecule has 88 valence electrons. The van der Waals surface area contributed by atoms with Crippen LogP contribution in [0.25, 0.3) is 0 Å². The molecule has 0 spiro atoms. The van der Waals surface area contributed by atoms with Gasteiger partial charge in [-0.05, 0) is 37.6 Å². The zero-order valence-corrected chi connectivity index (χ0v) is 10.3. The van der Waals surface area contributed by atoms with E-state index in [-0.39, 0.29) is 12.2 Å². The predicted octanol–water partition coefficient (Wildman–Crippen LogP) is 3.02. The van der Waals surface area contributed by atoms with Crippen LogP contribution in [0.3, 0.4) is 0 Å². The number of hydrogen-bond acceptors (Lipinski definition) is 2. The fourth-order valence-electron chi connectivity index (χ4n) is 1.18. The summed E-state index contributed by atoms with van der Waals surface area (Å²) in [6.45, 7) is 3.34. The molecule has 0 radical (unpaired) electrons. The lowest BCUT2D eigenvalue weighted by molar-refractivity contribution is -0.136. The lowest BCUT2D eigenvalue weighted by Gasteiger charge is -2.21. The summed E-state index contributed by atoms with van der Waals surface area (Å²) in [6.07, 6.45) is 0.0669. The summed E-state index contributed by atoms with van der Waals surface area (Å²) >= 11 is 5.87. The molecule has 0 heterocycles. The zero-order valence-electron chi connectivity index (χ0n) is 9.51. The number of halogens is 2. The summed E-state index contributed by atoms with van der Waals surface area (Å²) in [5.41, 5.74) is -0.396. The molecule has 0 saturated carbocycles. The van der Waals surface area contributed by atoms with Gasteiger partial charge in [0.05, 0.1) is 0 Å². The van der Waals surface area contributed by atoms with Crippen LogP contribution >= 0.6 is 11.6 Å². The zero-order chi connectivity index (χ0) is 12.3. The second-order valence-corrected chi connectivity index (χ2v) is 4.46. The first-order valence-corrected chi connectivity index (χ1v) is 5.27. The number of hydrogen-bond donors (Lipinski definition) is 0. The third-order valence-electron chi connectivity index (χ3n) is 2.54. The van der Waals surface area contributed by atoms with Crippen LogP contribution in [-0.4, -0.2) is 18.5 Å². The number of benzene rings is 1. The van der Waals surface area contributed by atoms with Crippen molar-refractivity contribution in [3.63, 3.8) is 0 Å². The van der Waals surface area contributed by atoms with Crippen LogP contribution in [0.5, 0.6) is 0 Å². The second-order valence-electron chi connectivity index (χ2n) is 4.05. The van der Waals surface area contributed by atoms with Gasteiger partial charge in [0.2, 0.25) is 0 Å². The second kappa shape index (κ2) is 4.93. The molecule has 0 bridgehead atoms. The molecule has 0 aliphatic heterocycles. The van der Waals surface area contributed by atoms with E-state index in [1.54, 1.807) is 13.8 Å². The van der Waals surface area contributed by atoms with E-state index in [9.17, 15) is 9.18 Å². The van der Waals surface area contributed by atoms with E-state index >= 15 is 0 Å². The fraction of sp³-hybridized carbons (Fsp3) is 0.417. The van der Waals surface area contributed by atoms with Gasteiger partial charge in [0.1, 0.15) is 11.4 Å². The van der Waals surface area contributed by atoms with Crippen LogP contribution in [0.2, 0.25) is 5.02 Å². The summed E-state index contributed by atoms with van der Waals surface area (Å²) in [5, 5.41) is 0.390. The van der Waals surface area contributed by atoms with E-state index in [0.29, 0.717) is 10.6 Å². The summed E-state index contributed by atoms with van der Waals surface area (Å²) in [7, 11) is 1.46. The van der Waals surface area contributed by atoms with Gasteiger partial charge in [0.15, 0.2) is 5.78 Å². The van der Waals surface area contributed by atoms with E-state index < -0.39 is 11.4 Å². The van der Waals surface area contributed by atoms with Crippen molar-refractivity contribution in [2.75, 3.05) is 7.11 Å². The average molecular weight is 245 g/mol. The van der Waals surface area contributed by atoms with Gasteiger partial charge < -0.3 is 4.74 Å². The van der Waals surface area contributed by atoms with Crippen molar-refractivity contribution < 1.29 is 13.9 Å². The van der Waals surface area contributed by atoms with Gasteiger partial charge in [-0.2, -0.15) is 0 Å². The van der Waals surface area contributed by atoms with Crippen LogP contribution in [-0.2, 0) is 16.0 Å². The highest BCUT2D eigenvalue weighted by Gasteiger charge is 2.27. The van der Waals surface area contributed by atoms with Crippen LogP contribution < -0.4 is 0 Å². The predicted molar refractivity (Wildman–Crippen MR) is 61.2 cm³/mol. The first kappa shape index (κ1) is 13.1. The first-order valence-electron chi connectivity index (χ1n) is 4.89. The molecule has 0 aliphatic rings. The van der Waals surface area contributed by atoms with E-state index in [2.05, 4.69) is 0 Å². The standard InChI is InChI=1S/C12H14ClFO2/c1-12(2,16-3)11(15)7-8-6-9(14)4-5-10(8)13/h4-6H,7H2,1-3H3. The minimum Gasteiger partial charge on any atom is -0.371 e. The minimum absolute atomic E-state index is 0.0669. The fourth-order valence-corrected chi connectivity index (χ4v) is 1.36. The van der Waals surface area contributed by atoms with E-state index in [1.165, 1.54) is 25.3 Å². The highest BCUT2D eigenvalue weighted by atomic mass is 35.5. The van der Waals surface area contributed by atoms with Gasteiger partial charge in [0.25, 0.3) is 0 Å². The van der Waals surface area contributed by atoms with E-state index in [0.717, 1.165) is 0 Å². The van der Waals surface area contributed by atoms with Crippen LogP contribution in [0.15, 0.2) is 18.2 Å². The maximum Gasteiger partial charge on any atom is 0.168 e. The Hall–Kier alpha value is -0.930. The van der Waals surface area contributed by atoms with E-state index in [1.807, 2.05) is 0 Å². The molecule has 0 saturated heterocycles.